The van der Waals surface area contributed by atoms with Gasteiger partial charge in [-0.3, -0.25) is 20.4 Å². The van der Waals surface area contributed by atoms with E-state index in [4.69, 9.17) is 18.6 Å². The number of rotatable bonds is 3. The van der Waals surface area contributed by atoms with Crippen molar-refractivity contribution in [2.24, 2.45) is 0 Å². The number of fused-ring (bicyclic) bond motifs is 2. The van der Waals surface area contributed by atoms with Gasteiger partial charge in [-0.1, -0.05) is 12.1 Å². The highest BCUT2D eigenvalue weighted by molar-refractivity contribution is 6.00. The Morgan fingerprint density at radius 3 is 2.68 bits per heavy atom. The third-order valence-corrected chi connectivity index (χ3v) is 4.45. The first-order valence-corrected chi connectivity index (χ1v) is 8.62. The van der Waals surface area contributed by atoms with Gasteiger partial charge in [-0.15, -0.1) is 0 Å². The molecule has 1 aliphatic heterocycles. The van der Waals surface area contributed by atoms with Gasteiger partial charge < -0.3 is 18.6 Å². The lowest BCUT2D eigenvalue weighted by atomic mass is 10.1. The molecule has 144 valence electrons. The topological polar surface area (TPSA) is 99.0 Å². The van der Waals surface area contributed by atoms with Gasteiger partial charge in [0.1, 0.15) is 17.9 Å². The second kappa shape index (κ2) is 7.15. The minimum atomic E-state index is -0.878. The Kier molecular flexibility index (Phi) is 4.52. The van der Waals surface area contributed by atoms with Crippen LogP contribution in [-0.4, -0.2) is 31.6 Å². The molecule has 8 heteroatoms. The molecule has 2 aromatic carbocycles. The predicted octanol–water partition coefficient (Wildman–Crippen LogP) is 2.35. The Morgan fingerprint density at radius 2 is 1.89 bits per heavy atom. The van der Waals surface area contributed by atoms with E-state index in [1.165, 1.54) is 0 Å². The van der Waals surface area contributed by atoms with Crippen molar-refractivity contribution in [3.63, 3.8) is 0 Å². The molecular formula is C20H18N2O6. The molecule has 0 bridgehead atoms. The fraction of sp³-hybridized carbons (Fsp3) is 0.200. The average Bonchev–Trinajstić information content (AvgIpc) is 3.07. The van der Waals surface area contributed by atoms with Crippen molar-refractivity contribution in [3.05, 3.63) is 53.8 Å². The molecule has 0 unspecified atom stereocenters. The summed E-state index contributed by atoms with van der Waals surface area (Å²) in [6, 6.07) is 12.3. The molecule has 1 atom stereocenters. The molecule has 1 aliphatic rings. The first-order valence-electron chi connectivity index (χ1n) is 8.62. The van der Waals surface area contributed by atoms with E-state index in [1.54, 1.807) is 50.4 Å². The van der Waals surface area contributed by atoms with Crippen molar-refractivity contribution in [1.82, 2.24) is 10.9 Å². The minimum absolute atomic E-state index is 0.0438. The highest BCUT2D eigenvalue weighted by Gasteiger charge is 2.28. The van der Waals surface area contributed by atoms with E-state index in [0.717, 1.165) is 5.39 Å². The number of aryl methyl sites for hydroxylation is 1. The quantitative estimate of drug-likeness (QED) is 0.675. The SMILES string of the molecule is COc1ccc2oc(C(=O)NNC(=O)[C@H]3COc4ccccc4O3)c(C)c2c1. The van der Waals surface area contributed by atoms with Gasteiger partial charge >= 0.3 is 5.91 Å². The lowest BCUT2D eigenvalue weighted by Crippen LogP contribution is -2.50. The Bertz CT molecular complexity index is 1060. The van der Waals surface area contributed by atoms with Gasteiger partial charge in [0.15, 0.2) is 17.3 Å². The maximum absolute atomic E-state index is 12.5. The molecule has 0 spiro atoms. The normalized spacial score (nSPS) is 15.1. The van der Waals surface area contributed by atoms with E-state index in [2.05, 4.69) is 10.9 Å². The van der Waals surface area contributed by atoms with Crippen molar-refractivity contribution in [3.8, 4) is 17.2 Å². The number of carbonyl (C=O) groups is 2. The van der Waals surface area contributed by atoms with E-state index >= 15 is 0 Å². The summed E-state index contributed by atoms with van der Waals surface area (Å²) in [6.07, 6.45) is -0.878. The molecule has 0 fully saturated rings. The standard InChI is InChI=1S/C20H18N2O6/c1-11-13-9-12(25-2)7-8-14(13)28-18(11)20(24)22-21-19(23)17-10-26-15-5-3-4-6-16(15)27-17/h3-9,17H,10H2,1-2H3,(H,21,23)(H,22,24)/t17-/m1/s1. The molecule has 28 heavy (non-hydrogen) atoms. The fourth-order valence-corrected chi connectivity index (χ4v) is 2.95. The molecule has 0 radical (unpaired) electrons. The molecule has 0 saturated carbocycles. The summed E-state index contributed by atoms with van der Waals surface area (Å²) >= 11 is 0. The van der Waals surface area contributed by atoms with Gasteiger partial charge in [0.05, 0.1) is 7.11 Å². The number of ether oxygens (including phenoxy) is 3. The molecule has 2 N–H and O–H groups in total. The predicted molar refractivity (Wildman–Crippen MR) is 99.5 cm³/mol. The monoisotopic (exact) mass is 382 g/mol. The number of nitrogens with one attached hydrogen (secondary N) is 2. The van der Waals surface area contributed by atoms with Crippen LogP contribution in [0, 0.1) is 6.92 Å². The average molecular weight is 382 g/mol. The Hall–Kier alpha value is -3.68. The maximum atomic E-state index is 12.5. The second-order valence-corrected chi connectivity index (χ2v) is 6.23. The molecule has 3 aromatic rings. The third-order valence-electron chi connectivity index (χ3n) is 4.45. The number of para-hydroxylation sites is 2. The van der Waals surface area contributed by atoms with E-state index in [1.807, 2.05) is 6.07 Å². The van der Waals surface area contributed by atoms with Crippen LogP contribution < -0.4 is 25.1 Å². The zero-order valence-corrected chi connectivity index (χ0v) is 15.3. The van der Waals surface area contributed by atoms with E-state index in [-0.39, 0.29) is 12.4 Å². The molecule has 0 saturated heterocycles. The summed E-state index contributed by atoms with van der Waals surface area (Å²) in [4.78, 5) is 24.8. The van der Waals surface area contributed by atoms with Gasteiger partial charge in [0, 0.05) is 10.9 Å². The molecular weight excluding hydrogens is 364 g/mol. The number of benzene rings is 2. The lowest BCUT2D eigenvalue weighted by Gasteiger charge is -2.25. The zero-order chi connectivity index (χ0) is 19.7. The van der Waals surface area contributed by atoms with Crippen molar-refractivity contribution >= 4 is 22.8 Å². The first-order chi connectivity index (χ1) is 13.6. The molecule has 8 nitrogen and oxygen atoms in total. The van der Waals surface area contributed by atoms with Crippen LogP contribution in [0.15, 0.2) is 46.9 Å². The third kappa shape index (κ3) is 3.20. The van der Waals surface area contributed by atoms with Gasteiger partial charge in [-0.2, -0.15) is 0 Å². The number of hydrazine groups is 1. The first kappa shape index (κ1) is 17.7. The number of amides is 2. The Balaban J connectivity index is 1.42. The number of furan rings is 1. The summed E-state index contributed by atoms with van der Waals surface area (Å²) in [6.45, 7) is 1.80. The highest BCUT2D eigenvalue weighted by Crippen LogP contribution is 2.31. The van der Waals surface area contributed by atoms with Crippen LogP contribution in [0.4, 0.5) is 0 Å². The fourth-order valence-electron chi connectivity index (χ4n) is 2.95. The molecule has 2 amide bonds. The summed E-state index contributed by atoms with van der Waals surface area (Å²) in [5.74, 6) is 0.712. The number of methoxy groups -OCH3 is 1. The summed E-state index contributed by atoms with van der Waals surface area (Å²) in [7, 11) is 1.56. The summed E-state index contributed by atoms with van der Waals surface area (Å²) in [5.41, 5.74) is 5.90. The number of carbonyl (C=O) groups excluding carboxylic acids is 2. The van der Waals surface area contributed by atoms with E-state index in [9.17, 15) is 9.59 Å². The second-order valence-electron chi connectivity index (χ2n) is 6.23. The van der Waals surface area contributed by atoms with Crippen LogP contribution >= 0.6 is 0 Å². The lowest BCUT2D eigenvalue weighted by molar-refractivity contribution is -0.131. The number of hydrogen-bond acceptors (Lipinski definition) is 6. The molecule has 2 heterocycles. The van der Waals surface area contributed by atoms with Crippen LogP contribution in [0.3, 0.4) is 0 Å². The Morgan fingerprint density at radius 1 is 1.11 bits per heavy atom. The van der Waals surface area contributed by atoms with Crippen molar-refractivity contribution in [1.29, 1.82) is 0 Å². The molecule has 4 rings (SSSR count). The van der Waals surface area contributed by atoms with Crippen LogP contribution in [0.2, 0.25) is 0 Å². The van der Waals surface area contributed by atoms with E-state index < -0.39 is 17.9 Å². The van der Waals surface area contributed by atoms with Crippen molar-refractivity contribution in [2.45, 2.75) is 13.0 Å². The van der Waals surface area contributed by atoms with Crippen molar-refractivity contribution < 1.29 is 28.2 Å². The number of hydrogen-bond donors (Lipinski definition) is 2. The van der Waals surface area contributed by atoms with Gasteiger partial charge in [0.25, 0.3) is 5.91 Å². The summed E-state index contributed by atoms with van der Waals surface area (Å²) in [5, 5.41) is 0.761. The van der Waals surface area contributed by atoms with Crippen molar-refractivity contribution in [2.75, 3.05) is 13.7 Å². The largest absolute Gasteiger partial charge is 0.497 e. The molecule has 1 aromatic heterocycles. The highest BCUT2D eigenvalue weighted by atomic mass is 16.6. The van der Waals surface area contributed by atoms with E-state index in [0.29, 0.717) is 28.4 Å². The van der Waals surface area contributed by atoms with Gasteiger partial charge in [0.2, 0.25) is 6.10 Å². The van der Waals surface area contributed by atoms with Crippen LogP contribution in [0.25, 0.3) is 11.0 Å². The minimum Gasteiger partial charge on any atom is -0.497 e. The zero-order valence-electron chi connectivity index (χ0n) is 15.3. The van der Waals surface area contributed by atoms with Crippen LogP contribution in [0.5, 0.6) is 17.2 Å². The molecule has 0 aliphatic carbocycles. The van der Waals surface area contributed by atoms with Crippen LogP contribution in [0.1, 0.15) is 16.1 Å². The van der Waals surface area contributed by atoms with Gasteiger partial charge in [-0.25, -0.2) is 0 Å². The smallest absolute Gasteiger partial charge is 0.305 e. The summed E-state index contributed by atoms with van der Waals surface area (Å²) < 4.78 is 21.9. The maximum Gasteiger partial charge on any atom is 0.305 e. The van der Waals surface area contributed by atoms with Gasteiger partial charge in [-0.05, 0) is 37.3 Å². The Labute approximate surface area is 160 Å². The van der Waals surface area contributed by atoms with Crippen LogP contribution in [-0.2, 0) is 4.79 Å².